The van der Waals surface area contributed by atoms with Crippen LogP contribution >= 0.6 is 43.2 Å². The van der Waals surface area contributed by atoms with Crippen LogP contribution < -0.4 is 15.5 Å². The Morgan fingerprint density at radius 3 is 2.47 bits per heavy atom. The molecule has 0 atom stereocenters. The lowest BCUT2D eigenvalue weighted by Gasteiger charge is -2.29. The van der Waals surface area contributed by atoms with Gasteiger partial charge < -0.3 is 15.5 Å². The first-order valence-corrected chi connectivity index (χ1v) is 12.3. The van der Waals surface area contributed by atoms with Crippen LogP contribution in [0.5, 0.6) is 0 Å². The molecule has 1 saturated carbocycles. The number of carbonyl (C=O) groups excluding carboxylic acids is 1. The van der Waals surface area contributed by atoms with Crippen LogP contribution in [0.1, 0.15) is 35.4 Å². The molecule has 2 aromatic heterocycles. The van der Waals surface area contributed by atoms with Crippen molar-refractivity contribution in [2.45, 2.75) is 37.8 Å². The fraction of sp³-hybridized carbons (Fsp3) is 0.381. The lowest BCUT2D eigenvalue weighted by molar-refractivity contribution is 0.0930. The Bertz CT molecular complexity index is 1040. The zero-order valence-corrected chi connectivity index (χ0v) is 20.8. The van der Waals surface area contributed by atoms with Gasteiger partial charge in [0.15, 0.2) is 0 Å². The average Bonchev–Trinajstić information content (AvgIpc) is 3.07. The molecule has 4 rings (SSSR count). The molecule has 1 fully saturated rings. The van der Waals surface area contributed by atoms with E-state index in [-0.39, 0.29) is 11.9 Å². The second-order valence-corrected chi connectivity index (χ2v) is 10.9. The number of carbonyl (C=O) groups is 1. The number of para-hydroxylation sites is 1. The maximum Gasteiger partial charge on any atom is 0.261 e. The monoisotopic (exact) mass is 551 g/mol. The number of rotatable bonds is 5. The van der Waals surface area contributed by atoms with E-state index in [1.54, 1.807) is 0 Å². The van der Waals surface area contributed by atoms with Crippen LogP contribution in [0.25, 0.3) is 10.9 Å². The van der Waals surface area contributed by atoms with Gasteiger partial charge in [-0.1, -0.05) is 12.1 Å². The summed E-state index contributed by atoms with van der Waals surface area (Å²) in [5, 5.41) is 7.73. The summed E-state index contributed by atoms with van der Waals surface area (Å²) < 4.78 is 1.85. The van der Waals surface area contributed by atoms with Crippen molar-refractivity contribution in [2.24, 2.45) is 0 Å². The number of nitrogens with one attached hydrogen (secondary N) is 2. The number of hydrogen-bond acceptors (Lipinski definition) is 6. The molecule has 158 valence electrons. The van der Waals surface area contributed by atoms with Crippen LogP contribution in [0.2, 0.25) is 0 Å². The molecule has 30 heavy (non-hydrogen) atoms. The number of fused-ring (bicyclic) bond motifs is 1. The third-order valence-electron chi connectivity index (χ3n) is 5.27. The number of aromatic nitrogens is 2. The van der Waals surface area contributed by atoms with Crippen molar-refractivity contribution in [1.29, 1.82) is 0 Å². The van der Waals surface area contributed by atoms with E-state index < -0.39 is 0 Å². The van der Waals surface area contributed by atoms with Crippen molar-refractivity contribution in [3.05, 3.63) is 43.5 Å². The Balaban J connectivity index is 1.37. The molecule has 0 radical (unpaired) electrons. The average molecular weight is 553 g/mol. The normalized spacial score (nSPS) is 18.9. The van der Waals surface area contributed by atoms with E-state index in [1.165, 1.54) is 11.3 Å². The zero-order chi connectivity index (χ0) is 21.3. The Labute approximate surface area is 196 Å². The molecule has 0 unspecified atom stereocenters. The lowest BCUT2D eigenvalue weighted by Crippen LogP contribution is -2.40. The van der Waals surface area contributed by atoms with E-state index in [0.29, 0.717) is 12.0 Å². The minimum Gasteiger partial charge on any atom is -0.362 e. The topological polar surface area (TPSA) is 70.2 Å². The summed E-state index contributed by atoms with van der Waals surface area (Å²) in [6.45, 7) is 0. The molecule has 1 aliphatic carbocycles. The van der Waals surface area contributed by atoms with Gasteiger partial charge >= 0.3 is 0 Å². The number of nitrogens with zero attached hydrogens (tertiary/aromatic N) is 3. The highest BCUT2D eigenvalue weighted by Crippen LogP contribution is 2.33. The minimum absolute atomic E-state index is 0.00343. The molecule has 1 aromatic carbocycles. The maximum absolute atomic E-state index is 12.5. The summed E-state index contributed by atoms with van der Waals surface area (Å²) >= 11 is 8.33. The number of amides is 1. The van der Waals surface area contributed by atoms with Gasteiger partial charge in [-0.3, -0.25) is 4.79 Å². The van der Waals surface area contributed by atoms with E-state index in [2.05, 4.69) is 42.5 Å². The van der Waals surface area contributed by atoms with E-state index in [0.717, 1.165) is 55.5 Å². The van der Waals surface area contributed by atoms with Crippen molar-refractivity contribution in [3.63, 3.8) is 0 Å². The van der Waals surface area contributed by atoms with Gasteiger partial charge in [0.05, 0.1) is 14.2 Å². The smallest absolute Gasteiger partial charge is 0.261 e. The Morgan fingerprint density at radius 1 is 1.10 bits per heavy atom. The molecule has 1 amide bonds. The van der Waals surface area contributed by atoms with Crippen LogP contribution in [-0.4, -0.2) is 42.1 Å². The van der Waals surface area contributed by atoms with Crippen LogP contribution in [0.15, 0.2) is 38.6 Å². The summed E-state index contributed by atoms with van der Waals surface area (Å²) in [4.78, 5) is 24.7. The van der Waals surface area contributed by atoms with Gasteiger partial charge in [0, 0.05) is 36.0 Å². The molecule has 2 heterocycles. The van der Waals surface area contributed by atoms with Gasteiger partial charge in [0.25, 0.3) is 5.91 Å². The fourth-order valence-corrected chi connectivity index (χ4v) is 5.68. The maximum atomic E-state index is 12.5. The molecule has 3 aromatic rings. The summed E-state index contributed by atoms with van der Waals surface area (Å²) in [5.74, 6) is 1.58. The van der Waals surface area contributed by atoms with Crippen molar-refractivity contribution in [3.8, 4) is 0 Å². The Hall–Kier alpha value is -1.71. The number of benzene rings is 1. The first-order chi connectivity index (χ1) is 14.4. The first-order valence-electron chi connectivity index (χ1n) is 9.87. The zero-order valence-electron chi connectivity index (χ0n) is 16.8. The number of anilines is 2. The highest BCUT2D eigenvalue weighted by molar-refractivity contribution is 9.13. The molecule has 9 heteroatoms. The molecule has 6 nitrogen and oxygen atoms in total. The highest BCUT2D eigenvalue weighted by Gasteiger charge is 2.24. The number of halogens is 2. The summed E-state index contributed by atoms with van der Waals surface area (Å²) in [5.41, 5.74) is 0.938. The predicted molar refractivity (Wildman–Crippen MR) is 131 cm³/mol. The SMILES string of the molecule is CN(C)c1nc(NC2CCC(NC(=O)c3cc(Br)c(Br)s3)CC2)nc2ccccc12. The van der Waals surface area contributed by atoms with Gasteiger partial charge in [-0.25, -0.2) is 4.98 Å². The van der Waals surface area contributed by atoms with E-state index >= 15 is 0 Å². The molecule has 0 bridgehead atoms. The number of thiophene rings is 1. The van der Waals surface area contributed by atoms with Crippen molar-refractivity contribution >= 4 is 71.8 Å². The standard InChI is InChI=1S/C21H23Br2N5OS/c1-28(2)19-14-5-3-4-6-16(14)26-21(27-19)25-13-9-7-12(8-10-13)24-20(29)17-11-15(22)18(23)30-17/h3-6,11-13H,7-10H2,1-2H3,(H,24,29)(H,25,26,27). The quantitative estimate of drug-likeness (QED) is 0.441. The first kappa shape index (κ1) is 21.5. The highest BCUT2D eigenvalue weighted by atomic mass is 79.9. The second kappa shape index (κ2) is 9.20. The van der Waals surface area contributed by atoms with Crippen molar-refractivity contribution in [2.75, 3.05) is 24.3 Å². The van der Waals surface area contributed by atoms with Crippen LogP contribution in [0.3, 0.4) is 0 Å². The van der Waals surface area contributed by atoms with Gasteiger partial charge in [-0.05, 0) is 75.7 Å². The van der Waals surface area contributed by atoms with Gasteiger partial charge in [0.2, 0.25) is 5.95 Å². The third kappa shape index (κ3) is 4.78. The molecular formula is C21H23Br2N5OS. The van der Waals surface area contributed by atoms with Crippen molar-refractivity contribution in [1.82, 2.24) is 15.3 Å². The van der Waals surface area contributed by atoms with Crippen LogP contribution in [-0.2, 0) is 0 Å². The Morgan fingerprint density at radius 2 is 1.80 bits per heavy atom. The minimum atomic E-state index is -0.00343. The predicted octanol–water partition coefficient (Wildman–Crippen LogP) is 5.44. The Kier molecular flexibility index (Phi) is 6.60. The van der Waals surface area contributed by atoms with Gasteiger partial charge in [-0.2, -0.15) is 4.98 Å². The molecule has 0 aliphatic heterocycles. The lowest BCUT2D eigenvalue weighted by atomic mass is 9.91. The van der Waals surface area contributed by atoms with Gasteiger partial charge in [0.1, 0.15) is 5.82 Å². The van der Waals surface area contributed by atoms with E-state index in [9.17, 15) is 4.79 Å². The largest absolute Gasteiger partial charge is 0.362 e. The summed E-state index contributed by atoms with van der Waals surface area (Å²) in [6.07, 6.45) is 3.81. The van der Waals surface area contributed by atoms with E-state index in [4.69, 9.17) is 9.97 Å². The van der Waals surface area contributed by atoms with Gasteiger partial charge in [-0.15, -0.1) is 11.3 Å². The van der Waals surface area contributed by atoms with Crippen LogP contribution in [0.4, 0.5) is 11.8 Å². The molecule has 1 aliphatic rings. The number of hydrogen-bond donors (Lipinski definition) is 2. The van der Waals surface area contributed by atoms with Crippen LogP contribution in [0, 0.1) is 0 Å². The molecular weight excluding hydrogens is 530 g/mol. The second-order valence-electron chi connectivity index (χ2n) is 7.68. The fourth-order valence-electron chi connectivity index (χ4n) is 3.74. The third-order valence-corrected chi connectivity index (χ3v) is 8.53. The van der Waals surface area contributed by atoms with Crippen molar-refractivity contribution < 1.29 is 4.79 Å². The van der Waals surface area contributed by atoms with E-state index in [1.807, 2.05) is 49.3 Å². The summed E-state index contributed by atoms with van der Waals surface area (Å²) in [6, 6.07) is 10.4. The molecule has 2 N–H and O–H groups in total. The summed E-state index contributed by atoms with van der Waals surface area (Å²) in [7, 11) is 3.99. The molecule has 0 spiro atoms. The molecule has 0 saturated heterocycles.